The smallest absolute Gasteiger partial charge is 0.220 e. The van der Waals surface area contributed by atoms with Crippen LogP contribution in [0.4, 0.5) is 0 Å². The van der Waals surface area contributed by atoms with Gasteiger partial charge in [0.2, 0.25) is 5.91 Å². The van der Waals surface area contributed by atoms with E-state index in [1.807, 2.05) is 18.3 Å². The Bertz CT molecular complexity index is 644. The number of pyridine rings is 1. The number of hydrogen-bond donors (Lipinski definition) is 2. The Morgan fingerprint density at radius 1 is 1.08 bits per heavy atom. The number of carbonyl (C=O) groups is 1. The predicted octanol–water partition coefficient (Wildman–Crippen LogP) is 3.99. The van der Waals surface area contributed by atoms with E-state index in [1.54, 1.807) is 6.20 Å². The molecule has 0 radical (unpaired) electrons. The zero-order valence-electron chi connectivity index (χ0n) is 14.8. The number of piperidine rings is 1. The minimum atomic E-state index is 0. The van der Waals surface area contributed by atoms with Crippen LogP contribution in [0, 0.1) is 5.92 Å². The monoisotopic (exact) mass is 395 g/mol. The lowest BCUT2D eigenvalue weighted by Gasteiger charge is -2.22. The molecular formula is C20H27Cl2N3O. The number of nitrogens with zero attached hydrogens (tertiary/aromatic N) is 1. The Kier molecular flexibility index (Phi) is 10.3. The van der Waals surface area contributed by atoms with Gasteiger partial charge in [0.25, 0.3) is 0 Å². The van der Waals surface area contributed by atoms with Crippen LogP contribution in [-0.4, -0.2) is 24.0 Å². The lowest BCUT2D eigenvalue weighted by atomic mass is 9.93. The van der Waals surface area contributed by atoms with E-state index in [2.05, 4.69) is 39.9 Å². The van der Waals surface area contributed by atoms with E-state index < -0.39 is 0 Å². The first-order valence-electron chi connectivity index (χ1n) is 8.78. The largest absolute Gasteiger partial charge is 0.352 e. The van der Waals surface area contributed by atoms with Crippen molar-refractivity contribution in [1.29, 1.82) is 0 Å². The van der Waals surface area contributed by atoms with E-state index in [0.717, 1.165) is 36.2 Å². The molecule has 2 aromatic rings. The third-order valence-electron chi connectivity index (χ3n) is 4.68. The van der Waals surface area contributed by atoms with E-state index in [9.17, 15) is 4.79 Å². The molecule has 1 amide bonds. The van der Waals surface area contributed by atoms with E-state index >= 15 is 0 Å². The number of hydrogen-bond acceptors (Lipinski definition) is 3. The van der Waals surface area contributed by atoms with Crippen LogP contribution < -0.4 is 10.6 Å². The molecule has 142 valence electrons. The lowest BCUT2D eigenvalue weighted by molar-refractivity contribution is -0.121. The van der Waals surface area contributed by atoms with Crippen molar-refractivity contribution in [3.05, 3.63) is 54.4 Å². The number of rotatable bonds is 6. The maximum atomic E-state index is 12.0. The summed E-state index contributed by atoms with van der Waals surface area (Å²) in [5.74, 6) is 0.862. The second-order valence-corrected chi connectivity index (χ2v) is 6.45. The highest BCUT2D eigenvalue weighted by molar-refractivity contribution is 5.85. The van der Waals surface area contributed by atoms with Crippen LogP contribution >= 0.6 is 24.8 Å². The Morgan fingerprint density at radius 3 is 2.46 bits per heavy atom. The molecular weight excluding hydrogens is 369 g/mol. The first-order valence-corrected chi connectivity index (χ1v) is 8.78. The average molecular weight is 396 g/mol. The lowest BCUT2D eigenvalue weighted by Crippen LogP contribution is -2.29. The Balaban J connectivity index is 0.00000169. The van der Waals surface area contributed by atoms with Crippen molar-refractivity contribution < 1.29 is 4.79 Å². The quantitative estimate of drug-likeness (QED) is 0.777. The summed E-state index contributed by atoms with van der Waals surface area (Å²) >= 11 is 0. The normalized spacial score (nSPS) is 14.0. The van der Waals surface area contributed by atoms with Crippen LogP contribution in [0.15, 0.2) is 48.8 Å². The molecule has 0 saturated carbocycles. The van der Waals surface area contributed by atoms with Crippen LogP contribution in [0.3, 0.4) is 0 Å². The molecule has 0 aliphatic carbocycles. The molecule has 2 heterocycles. The highest BCUT2D eigenvalue weighted by Crippen LogP contribution is 2.19. The maximum Gasteiger partial charge on any atom is 0.220 e. The highest BCUT2D eigenvalue weighted by Gasteiger charge is 2.14. The Hall–Kier alpha value is -1.62. The van der Waals surface area contributed by atoms with Crippen molar-refractivity contribution in [2.75, 3.05) is 13.1 Å². The van der Waals surface area contributed by atoms with Crippen molar-refractivity contribution in [3.63, 3.8) is 0 Å². The van der Waals surface area contributed by atoms with Crippen molar-refractivity contribution in [2.45, 2.75) is 32.2 Å². The van der Waals surface area contributed by atoms with Gasteiger partial charge in [0.15, 0.2) is 0 Å². The molecule has 0 unspecified atom stereocenters. The van der Waals surface area contributed by atoms with Gasteiger partial charge in [0.05, 0.1) is 0 Å². The second kappa shape index (κ2) is 11.9. The summed E-state index contributed by atoms with van der Waals surface area (Å²) in [5.41, 5.74) is 3.37. The topological polar surface area (TPSA) is 54.0 Å². The molecule has 0 atom stereocenters. The summed E-state index contributed by atoms with van der Waals surface area (Å²) < 4.78 is 0. The fourth-order valence-electron chi connectivity index (χ4n) is 3.14. The minimum Gasteiger partial charge on any atom is -0.352 e. The zero-order chi connectivity index (χ0) is 16.6. The predicted molar refractivity (Wildman–Crippen MR) is 111 cm³/mol. The molecule has 1 aromatic carbocycles. The zero-order valence-corrected chi connectivity index (χ0v) is 16.5. The van der Waals surface area contributed by atoms with Gasteiger partial charge in [0.1, 0.15) is 0 Å². The highest BCUT2D eigenvalue weighted by atomic mass is 35.5. The van der Waals surface area contributed by atoms with E-state index in [1.165, 1.54) is 12.8 Å². The van der Waals surface area contributed by atoms with Gasteiger partial charge in [-0.05, 0) is 61.0 Å². The van der Waals surface area contributed by atoms with Crippen LogP contribution in [-0.2, 0) is 11.3 Å². The number of amides is 1. The third-order valence-corrected chi connectivity index (χ3v) is 4.68. The van der Waals surface area contributed by atoms with Gasteiger partial charge >= 0.3 is 0 Å². The molecule has 1 saturated heterocycles. The molecule has 2 N–H and O–H groups in total. The van der Waals surface area contributed by atoms with Gasteiger partial charge in [0, 0.05) is 25.4 Å². The molecule has 3 rings (SSSR count). The van der Waals surface area contributed by atoms with Gasteiger partial charge in [-0.2, -0.15) is 0 Å². The SMILES string of the molecule is Cl.Cl.O=C(CCC1CCNCC1)NCc1ccc(-c2cccnc2)cc1. The molecule has 4 nitrogen and oxygen atoms in total. The molecule has 0 bridgehead atoms. The van der Waals surface area contributed by atoms with Crippen molar-refractivity contribution in [1.82, 2.24) is 15.6 Å². The molecule has 1 aliphatic heterocycles. The number of carbonyl (C=O) groups excluding carboxylic acids is 1. The van der Waals surface area contributed by atoms with E-state index in [0.29, 0.717) is 18.9 Å². The summed E-state index contributed by atoms with van der Waals surface area (Å²) in [6.07, 6.45) is 7.67. The van der Waals surface area contributed by atoms with Crippen molar-refractivity contribution in [2.24, 2.45) is 5.92 Å². The van der Waals surface area contributed by atoms with Crippen LogP contribution in [0.25, 0.3) is 11.1 Å². The van der Waals surface area contributed by atoms with Crippen molar-refractivity contribution >= 4 is 30.7 Å². The molecule has 1 fully saturated rings. The molecule has 1 aliphatic rings. The van der Waals surface area contributed by atoms with Crippen LogP contribution in [0.1, 0.15) is 31.2 Å². The molecule has 6 heteroatoms. The molecule has 26 heavy (non-hydrogen) atoms. The number of halogens is 2. The summed E-state index contributed by atoms with van der Waals surface area (Å²) in [4.78, 5) is 16.2. The fourth-order valence-corrected chi connectivity index (χ4v) is 3.14. The van der Waals surface area contributed by atoms with Crippen LogP contribution in [0.5, 0.6) is 0 Å². The maximum absolute atomic E-state index is 12.0. The fraction of sp³-hybridized carbons (Fsp3) is 0.400. The second-order valence-electron chi connectivity index (χ2n) is 6.45. The Labute approximate surface area is 168 Å². The summed E-state index contributed by atoms with van der Waals surface area (Å²) in [5, 5.41) is 6.39. The minimum absolute atomic E-state index is 0. The molecule has 1 aromatic heterocycles. The van der Waals surface area contributed by atoms with Gasteiger partial charge < -0.3 is 10.6 Å². The first kappa shape index (κ1) is 22.4. The van der Waals surface area contributed by atoms with Crippen molar-refractivity contribution in [3.8, 4) is 11.1 Å². The number of benzene rings is 1. The summed E-state index contributed by atoms with van der Waals surface area (Å²) in [7, 11) is 0. The standard InChI is InChI=1S/C20H25N3O.2ClH/c24-20(8-5-16-9-12-21-13-10-16)23-14-17-3-6-18(7-4-17)19-2-1-11-22-15-19;;/h1-4,6-7,11,15-16,21H,5,8-10,12-14H2,(H,23,24);2*1H. The number of nitrogens with one attached hydrogen (secondary N) is 2. The molecule has 0 spiro atoms. The van der Waals surface area contributed by atoms with Crippen LogP contribution in [0.2, 0.25) is 0 Å². The first-order chi connectivity index (χ1) is 11.8. The van der Waals surface area contributed by atoms with Gasteiger partial charge in [-0.1, -0.05) is 30.3 Å². The average Bonchev–Trinajstić information content (AvgIpc) is 2.67. The number of aromatic nitrogens is 1. The third kappa shape index (κ3) is 6.94. The Morgan fingerprint density at radius 2 is 1.81 bits per heavy atom. The van der Waals surface area contributed by atoms with Gasteiger partial charge in [-0.15, -0.1) is 24.8 Å². The summed E-state index contributed by atoms with van der Waals surface area (Å²) in [6, 6.07) is 12.3. The summed E-state index contributed by atoms with van der Waals surface area (Å²) in [6.45, 7) is 2.78. The van der Waals surface area contributed by atoms with Gasteiger partial charge in [-0.3, -0.25) is 9.78 Å². The van der Waals surface area contributed by atoms with Gasteiger partial charge in [-0.25, -0.2) is 0 Å². The van der Waals surface area contributed by atoms with E-state index in [-0.39, 0.29) is 30.7 Å². The van der Waals surface area contributed by atoms with E-state index in [4.69, 9.17) is 0 Å².